The van der Waals surface area contributed by atoms with Crippen LogP contribution in [0.15, 0.2) is 60.9 Å². The maximum Gasteiger partial charge on any atom is 0.118 e. The van der Waals surface area contributed by atoms with Crippen LogP contribution in [-0.2, 0) is 0 Å². The van der Waals surface area contributed by atoms with Gasteiger partial charge in [-0.2, -0.15) is 0 Å². The van der Waals surface area contributed by atoms with E-state index in [-0.39, 0.29) is 6.04 Å². The molecule has 2 aromatic carbocycles. The first-order chi connectivity index (χ1) is 10.3. The Kier molecular flexibility index (Phi) is 3.73. The Morgan fingerprint density at radius 3 is 2.62 bits per heavy atom. The van der Waals surface area contributed by atoms with E-state index in [1.807, 2.05) is 30.6 Å². The van der Waals surface area contributed by atoms with E-state index < -0.39 is 0 Å². The summed E-state index contributed by atoms with van der Waals surface area (Å²) in [5.41, 5.74) is 2.32. The van der Waals surface area contributed by atoms with Gasteiger partial charge in [0.15, 0.2) is 0 Å². The van der Waals surface area contributed by atoms with E-state index in [9.17, 15) is 0 Å². The predicted octanol–water partition coefficient (Wildman–Crippen LogP) is 4.42. The maximum absolute atomic E-state index is 5.20. The fourth-order valence-electron chi connectivity index (χ4n) is 2.45. The van der Waals surface area contributed by atoms with Gasteiger partial charge in [-0.1, -0.05) is 24.3 Å². The molecule has 106 valence electrons. The molecule has 0 radical (unpaired) electrons. The quantitative estimate of drug-likeness (QED) is 0.767. The van der Waals surface area contributed by atoms with E-state index in [0.29, 0.717) is 0 Å². The molecule has 0 saturated heterocycles. The average molecular weight is 278 g/mol. The lowest BCUT2D eigenvalue weighted by molar-refractivity contribution is 0.414. The molecule has 0 fully saturated rings. The van der Waals surface area contributed by atoms with Gasteiger partial charge in [0.05, 0.1) is 7.11 Å². The molecule has 0 bridgehead atoms. The number of benzene rings is 2. The van der Waals surface area contributed by atoms with Crippen molar-refractivity contribution in [3.8, 4) is 5.75 Å². The number of hydrogen-bond donors (Lipinski definition) is 1. The third-order valence-corrected chi connectivity index (χ3v) is 3.67. The van der Waals surface area contributed by atoms with Crippen LogP contribution in [0.25, 0.3) is 10.8 Å². The van der Waals surface area contributed by atoms with Gasteiger partial charge in [0, 0.05) is 29.5 Å². The second-order valence-corrected chi connectivity index (χ2v) is 5.04. The first-order valence-corrected chi connectivity index (χ1v) is 7.01. The number of nitrogens with zero attached hydrogens (tertiary/aromatic N) is 1. The van der Waals surface area contributed by atoms with Crippen molar-refractivity contribution in [1.82, 2.24) is 4.98 Å². The molecule has 1 aromatic heterocycles. The van der Waals surface area contributed by atoms with E-state index in [0.717, 1.165) is 16.8 Å². The number of aromatic nitrogens is 1. The fraction of sp³-hybridized carbons (Fsp3) is 0.167. The smallest absolute Gasteiger partial charge is 0.118 e. The van der Waals surface area contributed by atoms with Crippen molar-refractivity contribution >= 4 is 16.5 Å². The van der Waals surface area contributed by atoms with Crippen LogP contribution in [0.4, 0.5) is 5.69 Å². The predicted molar refractivity (Wildman–Crippen MR) is 86.8 cm³/mol. The molecule has 3 nitrogen and oxygen atoms in total. The number of nitrogens with one attached hydrogen (secondary N) is 1. The molecule has 3 rings (SSSR count). The zero-order valence-electron chi connectivity index (χ0n) is 12.2. The molecule has 0 saturated carbocycles. The van der Waals surface area contributed by atoms with E-state index in [4.69, 9.17) is 4.74 Å². The Hall–Kier alpha value is -2.55. The highest BCUT2D eigenvalue weighted by Crippen LogP contribution is 2.27. The van der Waals surface area contributed by atoms with Crippen LogP contribution >= 0.6 is 0 Å². The van der Waals surface area contributed by atoms with Crippen molar-refractivity contribution in [2.45, 2.75) is 13.0 Å². The summed E-state index contributed by atoms with van der Waals surface area (Å²) in [5.74, 6) is 0.875. The summed E-state index contributed by atoms with van der Waals surface area (Å²) in [5, 5.41) is 5.89. The van der Waals surface area contributed by atoms with Gasteiger partial charge in [0.1, 0.15) is 5.75 Å². The van der Waals surface area contributed by atoms with Crippen LogP contribution in [0.3, 0.4) is 0 Å². The standard InChI is InChI=1S/C18H18N2O/c1-13(14-6-8-16(21-2)9-7-14)20-18-5-3-4-15-10-11-19-12-17(15)18/h3-13,20H,1-2H3. The van der Waals surface area contributed by atoms with E-state index >= 15 is 0 Å². The first-order valence-electron chi connectivity index (χ1n) is 7.01. The van der Waals surface area contributed by atoms with Crippen LogP contribution in [-0.4, -0.2) is 12.1 Å². The van der Waals surface area contributed by atoms with E-state index in [1.165, 1.54) is 10.9 Å². The lowest BCUT2D eigenvalue weighted by atomic mass is 10.1. The maximum atomic E-state index is 5.20. The first kappa shape index (κ1) is 13.4. The van der Waals surface area contributed by atoms with Crippen molar-refractivity contribution in [3.05, 3.63) is 66.5 Å². The number of rotatable bonds is 4. The summed E-state index contributed by atoms with van der Waals surface area (Å²) in [7, 11) is 1.68. The van der Waals surface area contributed by atoms with Crippen LogP contribution in [0, 0.1) is 0 Å². The lowest BCUT2D eigenvalue weighted by Gasteiger charge is -2.17. The molecule has 3 heteroatoms. The van der Waals surface area contributed by atoms with Gasteiger partial charge >= 0.3 is 0 Å². The van der Waals surface area contributed by atoms with Crippen molar-refractivity contribution in [3.63, 3.8) is 0 Å². The molecule has 0 aliphatic carbocycles. The summed E-state index contributed by atoms with van der Waals surface area (Å²) < 4.78 is 5.20. The molecule has 1 N–H and O–H groups in total. The van der Waals surface area contributed by atoms with Crippen molar-refractivity contribution in [2.75, 3.05) is 12.4 Å². The summed E-state index contributed by atoms with van der Waals surface area (Å²) in [4.78, 5) is 4.22. The average Bonchev–Trinajstić information content (AvgIpc) is 2.55. The molecule has 0 aliphatic heterocycles. The van der Waals surface area contributed by atoms with Crippen LogP contribution in [0.5, 0.6) is 5.75 Å². The highest BCUT2D eigenvalue weighted by atomic mass is 16.5. The number of ether oxygens (including phenoxy) is 1. The highest BCUT2D eigenvalue weighted by molar-refractivity contribution is 5.93. The van der Waals surface area contributed by atoms with Gasteiger partial charge < -0.3 is 10.1 Å². The molecule has 1 heterocycles. The minimum atomic E-state index is 0.210. The zero-order valence-corrected chi connectivity index (χ0v) is 12.2. The zero-order chi connectivity index (χ0) is 14.7. The van der Waals surface area contributed by atoms with Crippen molar-refractivity contribution < 1.29 is 4.74 Å². The van der Waals surface area contributed by atoms with Gasteiger partial charge in [-0.05, 0) is 42.1 Å². The molecule has 21 heavy (non-hydrogen) atoms. The molecule has 0 amide bonds. The van der Waals surface area contributed by atoms with Gasteiger partial charge in [0.25, 0.3) is 0 Å². The second kappa shape index (κ2) is 5.83. The fourth-order valence-corrected chi connectivity index (χ4v) is 2.45. The summed E-state index contributed by atoms with van der Waals surface area (Å²) in [6.07, 6.45) is 3.72. The Morgan fingerprint density at radius 1 is 1.05 bits per heavy atom. The Morgan fingerprint density at radius 2 is 1.86 bits per heavy atom. The topological polar surface area (TPSA) is 34.1 Å². The van der Waals surface area contributed by atoms with Gasteiger partial charge in [-0.25, -0.2) is 0 Å². The van der Waals surface area contributed by atoms with Crippen molar-refractivity contribution in [1.29, 1.82) is 0 Å². The van der Waals surface area contributed by atoms with E-state index in [2.05, 4.69) is 47.6 Å². The van der Waals surface area contributed by atoms with Gasteiger partial charge in [0.2, 0.25) is 0 Å². The number of pyridine rings is 1. The van der Waals surface area contributed by atoms with E-state index in [1.54, 1.807) is 7.11 Å². The Labute approximate surface area is 124 Å². The second-order valence-electron chi connectivity index (χ2n) is 5.04. The van der Waals surface area contributed by atoms with Gasteiger partial charge in [-0.15, -0.1) is 0 Å². The van der Waals surface area contributed by atoms with Gasteiger partial charge in [-0.3, -0.25) is 4.98 Å². The lowest BCUT2D eigenvalue weighted by Crippen LogP contribution is -2.06. The Bertz CT molecular complexity index is 732. The molecular formula is C18H18N2O. The summed E-state index contributed by atoms with van der Waals surface area (Å²) >= 11 is 0. The summed E-state index contributed by atoms with van der Waals surface area (Å²) in [6.45, 7) is 2.15. The van der Waals surface area contributed by atoms with Crippen molar-refractivity contribution in [2.24, 2.45) is 0 Å². The third kappa shape index (κ3) is 2.82. The number of anilines is 1. The minimum absolute atomic E-state index is 0.210. The Balaban J connectivity index is 1.87. The van der Waals surface area contributed by atoms with Crippen LogP contribution < -0.4 is 10.1 Å². The monoisotopic (exact) mass is 278 g/mol. The molecular weight excluding hydrogens is 260 g/mol. The molecule has 3 aromatic rings. The molecule has 1 atom stereocenters. The highest BCUT2D eigenvalue weighted by Gasteiger charge is 2.07. The SMILES string of the molecule is COc1ccc(C(C)Nc2cccc3ccncc23)cc1. The minimum Gasteiger partial charge on any atom is -0.497 e. The molecule has 0 spiro atoms. The third-order valence-electron chi connectivity index (χ3n) is 3.67. The number of methoxy groups -OCH3 is 1. The molecule has 1 unspecified atom stereocenters. The number of hydrogen-bond acceptors (Lipinski definition) is 3. The van der Waals surface area contributed by atoms with Crippen LogP contribution in [0.2, 0.25) is 0 Å². The normalized spacial score (nSPS) is 12.1. The molecule has 0 aliphatic rings. The van der Waals surface area contributed by atoms with Crippen LogP contribution in [0.1, 0.15) is 18.5 Å². The summed E-state index contributed by atoms with van der Waals surface area (Å²) in [6, 6.07) is 16.6. The number of fused-ring (bicyclic) bond motifs is 1. The largest absolute Gasteiger partial charge is 0.497 e.